The molecule has 0 aliphatic carbocycles. The molecule has 0 unspecified atom stereocenters. The van der Waals surface area contributed by atoms with Crippen LogP contribution in [0, 0.1) is 13.8 Å². The van der Waals surface area contributed by atoms with E-state index in [9.17, 15) is 4.79 Å². The van der Waals surface area contributed by atoms with E-state index in [0.29, 0.717) is 15.7 Å². The van der Waals surface area contributed by atoms with E-state index in [1.54, 1.807) is 35.6 Å². The zero-order valence-corrected chi connectivity index (χ0v) is 18.2. The third-order valence-corrected chi connectivity index (χ3v) is 6.37. The van der Waals surface area contributed by atoms with Gasteiger partial charge in [0.05, 0.1) is 15.5 Å². The van der Waals surface area contributed by atoms with Gasteiger partial charge in [-0.05, 0) is 38.1 Å². The van der Waals surface area contributed by atoms with Gasteiger partial charge >= 0.3 is 0 Å². The molecule has 5 nitrogen and oxygen atoms in total. The van der Waals surface area contributed by atoms with Crippen LogP contribution in [0.15, 0.2) is 53.6 Å². The zero-order valence-electron chi connectivity index (χ0n) is 15.8. The molecule has 4 aromatic rings. The normalized spacial score (nSPS) is 11.0. The summed E-state index contributed by atoms with van der Waals surface area (Å²) in [6.07, 6.45) is 0. The van der Waals surface area contributed by atoms with Crippen LogP contribution in [-0.4, -0.2) is 26.8 Å². The lowest BCUT2D eigenvalue weighted by molar-refractivity contribution is -0.113. The SMILES string of the molecule is Cc1ccc(-c2nnc(SCC(=O)Nc3ccc(Cl)cc3)c3nc(C)sc23)cc1. The maximum atomic E-state index is 12.3. The largest absolute Gasteiger partial charge is 0.325 e. The number of hydrogen-bond donors (Lipinski definition) is 1. The van der Waals surface area contributed by atoms with E-state index in [2.05, 4.69) is 39.6 Å². The number of aromatic nitrogens is 3. The van der Waals surface area contributed by atoms with Crippen molar-refractivity contribution in [3.8, 4) is 11.3 Å². The molecule has 0 bridgehead atoms. The first-order valence-electron chi connectivity index (χ1n) is 8.88. The van der Waals surface area contributed by atoms with Gasteiger partial charge in [-0.15, -0.1) is 21.5 Å². The Balaban J connectivity index is 1.55. The molecule has 0 atom stereocenters. The molecule has 1 amide bonds. The number of halogens is 1. The van der Waals surface area contributed by atoms with Crippen molar-refractivity contribution in [3.05, 3.63) is 64.1 Å². The minimum Gasteiger partial charge on any atom is -0.325 e. The van der Waals surface area contributed by atoms with Gasteiger partial charge in [0.25, 0.3) is 0 Å². The minimum atomic E-state index is -0.123. The van der Waals surface area contributed by atoms with Gasteiger partial charge in [0, 0.05) is 16.3 Å². The number of hydrogen-bond acceptors (Lipinski definition) is 6. The lowest BCUT2D eigenvalue weighted by atomic mass is 10.1. The zero-order chi connectivity index (χ0) is 20.4. The van der Waals surface area contributed by atoms with Gasteiger partial charge in [-0.2, -0.15) is 0 Å². The summed E-state index contributed by atoms with van der Waals surface area (Å²) in [5.74, 6) is 0.0918. The molecule has 29 heavy (non-hydrogen) atoms. The second-order valence-corrected chi connectivity index (χ2v) is 9.08. The van der Waals surface area contributed by atoms with E-state index < -0.39 is 0 Å². The van der Waals surface area contributed by atoms with E-state index in [4.69, 9.17) is 11.6 Å². The first kappa shape index (κ1) is 19.8. The number of nitrogens with zero attached hydrogens (tertiary/aromatic N) is 3. The van der Waals surface area contributed by atoms with Gasteiger partial charge in [-0.25, -0.2) is 4.98 Å². The van der Waals surface area contributed by atoms with Crippen LogP contribution in [0.5, 0.6) is 0 Å². The summed E-state index contributed by atoms with van der Waals surface area (Å²) >= 11 is 8.80. The Morgan fingerprint density at radius 1 is 1.07 bits per heavy atom. The highest BCUT2D eigenvalue weighted by molar-refractivity contribution is 8.00. The molecule has 0 radical (unpaired) electrons. The molecule has 146 valence electrons. The van der Waals surface area contributed by atoms with E-state index in [0.717, 1.165) is 26.5 Å². The number of anilines is 1. The van der Waals surface area contributed by atoms with Crippen molar-refractivity contribution in [2.24, 2.45) is 0 Å². The van der Waals surface area contributed by atoms with E-state index in [-0.39, 0.29) is 11.7 Å². The summed E-state index contributed by atoms with van der Waals surface area (Å²) in [5, 5.41) is 13.9. The van der Waals surface area contributed by atoms with Gasteiger partial charge < -0.3 is 5.32 Å². The van der Waals surface area contributed by atoms with Crippen LogP contribution in [0.3, 0.4) is 0 Å². The summed E-state index contributed by atoms with van der Waals surface area (Å²) in [5.41, 5.74) is 4.52. The molecule has 0 spiro atoms. The smallest absolute Gasteiger partial charge is 0.234 e. The van der Waals surface area contributed by atoms with Gasteiger partial charge in [0.2, 0.25) is 5.91 Å². The Labute approximate surface area is 181 Å². The predicted octanol–water partition coefficient (Wildman–Crippen LogP) is 5.75. The second-order valence-electron chi connectivity index (χ2n) is 6.47. The standard InChI is InChI=1S/C21H17ClN4OS2/c1-12-3-5-14(6-4-12)18-20-19(23-13(2)29-20)21(26-25-18)28-11-17(27)24-16-9-7-15(22)8-10-16/h3-10H,11H2,1-2H3,(H,24,27). The Morgan fingerprint density at radius 3 is 2.52 bits per heavy atom. The highest BCUT2D eigenvalue weighted by Gasteiger charge is 2.17. The number of carbonyl (C=O) groups excluding carboxylic acids is 1. The Hall–Kier alpha value is -2.48. The summed E-state index contributed by atoms with van der Waals surface area (Å²) in [6.45, 7) is 4.02. The third-order valence-electron chi connectivity index (χ3n) is 4.19. The molecule has 2 heterocycles. The van der Waals surface area contributed by atoms with E-state index in [1.165, 1.54) is 17.3 Å². The summed E-state index contributed by atoms with van der Waals surface area (Å²) in [7, 11) is 0. The molecule has 8 heteroatoms. The molecule has 0 aliphatic rings. The van der Waals surface area contributed by atoms with Crippen molar-refractivity contribution in [2.45, 2.75) is 18.9 Å². The molecule has 1 N–H and O–H groups in total. The summed E-state index contributed by atoms with van der Waals surface area (Å²) < 4.78 is 0.988. The van der Waals surface area contributed by atoms with Crippen molar-refractivity contribution < 1.29 is 4.79 Å². The van der Waals surface area contributed by atoms with Crippen LogP contribution < -0.4 is 5.32 Å². The molecule has 0 saturated heterocycles. The lowest BCUT2D eigenvalue weighted by Crippen LogP contribution is -2.14. The third kappa shape index (κ3) is 4.58. The van der Waals surface area contributed by atoms with Gasteiger partial charge in [0.15, 0.2) is 0 Å². The monoisotopic (exact) mass is 440 g/mol. The Kier molecular flexibility index (Phi) is 5.80. The number of fused-ring (bicyclic) bond motifs is 1. The molecule has 0 saturated carbocycles. The van der Waals surface area contributed by atoms with Gasteiger partial charge in [-0.1, -0.05) is 53.2 Å². The van der Waals surface area contributed by atoms with Crippen molar-refractivity contribution in [1.29, 1.82) is 0 Å². The quantitative estimate of drug-likeness (QED) is 0.400. The number of thiazole rings is 1. The molecule has 4 rings (SSSR count). The van der Waals surface area contributed by atoms with Crippen LogP contribution in [-0.2, 0) is 4.79 Å². The number of carbonyl (C=O) groups is 1. The molecule has 2 aromatic heterocycles. The fraction of sp³-hybridized carbons (Fsp3) is 0.143. The van der Waals surface area contributed by atoms with E-state index >= 15 is 0 Å². The van der Waals surface area contributed by atoms with Crippen molar-refractivity contribution >= 4 is 56.5 Å². The van der Waals surface area contributed by atoms with Gasteiger partial charge in [-0.3, -0.25) is 4.79 Å². The topological polar surface area (TPSA) is 67.8 Å². The highest BCUT2D eigenvalue weighted by Crippen LogP contribution is 2.35. The maximum Gasteiger partial charge on any atom is 0.234 e. The van der Waals surface area contributed by atoms with Crippen molar-refractivity contribution in [3.63, 3.8) is 0 Å². The fourth-order valence-electron chi connectivity index (χ4n) is 2.78. The Morgan fingerprint density at radius 2 is 1.79 bits per heavy atom. The molecular formula is C21H17ClN4OS2. The average molecular weight is 441 g/mol. The second kappa shape index (κ2) is 8.49. The molecule has 0 aliphatic heterocycles. The number of thioether (sulfide) groups is 1. The van der Waals surface area contributed by atoms with Crippen molar-refractivity contribution in [1.82, 2.24) is 15.2 Å². The maximum absolute atomic E-state index is 12.3. The lowest BCUT2D eigenvalue weighted by Gasteiger charge is -2.07. The van der Waals surface area contributed by atoms with Crippen LogP contribution in [0.25, 0.3) is 21.5 Å². The highest BCUT2D eigenvalue weighted by atomic mass is 35.5. The van der Waals surface area contributed by atoms with Crippen LogP contribution in [0.4, 0.5) is 5.69 Å². The Bertz CT molecular complexity index is 1170. The van der Waals surface area contributed by atoms with Crippen LogP contribution in [0.2, 0.25) is 5.02 Å². The first-order valence-corrected chi connectivity index (χ1v) is 11.1. The number of aryl methyl sites for hydroxylation is 2. The number of rotatable bonds is 5. The molecular weight excluding hydrogens is 424 g/mol. The molecule has 2 aromatic carbocycles. The first-order chi connectivity index (χ1) is 14.0. The van der Waals surface area contributed by atoms with Crippen LogP contribution >= 0.6 is 34.7 Å². The van der Waals surface area contributed by atoms with Crippen molar-refractivity contribution in [2.75, 3.05) is 11.1 Å². The predicted molar refractivity (Wildman–Crippen MR) is 121 cm³/mol. The number of amides is 1. The molecule has 0 fully saturated rings. The number of benzene rings is 2. The van der Waals surface area contributed by atoms with Gasteiger partial charge in [0.1, 0.15) is 16.2 Å². The summed E-state index contributed by atoms with van der Waals surface area (Å²) in [6, 6.07) is 15.2. The minimum absolute atomic E-state index is 0.123. The number of nitrogens with one attached hydrogen (secondary N) is 1. The van der Waals surface area contributed by atoms with E-state index in [1.807, 2.05) is 19.1 Å². The van der Waals surface area contributed by atoms with Crippen LogP contribution in [0.1, 0.15) is 10.6 Å². The average Bonchev–Trinajstić information content (AvgIpc) is 3.10. The summed E-state index contributed by atoms with van der Waals surface area (Å²) in [4.78, 5) is 16.9. The fourth-order valence-corrected chi connectivity index (χ4v) is 4.62.